The molecule has 1 aliphatic carbocycles. The summed E-state index contributed by atoms with van der Waals surface area (Å²) in [5, 5.41) is 0. The lowest BCUT2D eigenvalue weighted by molar-refractivity contribution is 0.233. The van der Waals surface area contributed by atoms with E-state index < -0.39 is 0 Å². The van der Waals surface area contributed by atoms with Crippen molar-refractivity contribution >= 4 is 0 Å². The van der Waals surface area contributed by atoms with E-state index >= 15 is 0 Å². The highest BCUT2D eigenvalue weighted by Crippen LogP contribution is 2.58. The maximum absolute atomic E-state index is 2.57. The van der Waals surface area contributed by atoms with Crippen LogP contribution in [0.4, 0.5) is 0 Å². The average molecular weight is 433 g/mol. The molecule has 0 heterocycles. The van der Waals surface area contributed by atoms with Gasteiger partial charge in [-0.1, -0.05) is 126 Å². The SMILES string of the molecule is CCCCCC(C)CC=CCC(C)C1C(CC)C1C(C)CCCC(C(C)C)C(C)CC. The van der Waals surface area contributed by atoms with Crippen LogP contribution in [0.25, 0.3) is 0 Å². The van der Waals surface area contributed by atoms with Gasteiger partial charge in [0.1, 0.15) is 0 Å². The normalized spacial score (nSPS) is 26.2. The monoisotopic (exact) mass is 432 g/mol. The van der Waals surface area contributed by atoms with Gasteiger partial charge in [0, 0.05) is 0 Å². The van der Waals surface area contributed by atoms with Crippen molar-refractivity contribution in [3.8, 4) is 0 Å². The first-order chi connectivity index (χ1) is 14.8. The zero-order valence-corrected chi connectivity index (χ0v) is 23.1. The van der Waals surface area contributed by atoms with Crippen LogP contribution in [0.1, 0.15) is 133 Å². The van der Waals surface area contributed by atoms with E-state index in [1.54, 1.807) is 0 Å². The third-order valence-electron chi connectivity index (χ3n) is 9.02. The van der Waals surface area contributed by atoms with E-state index in [-0.39, 0.29) is 0 Å². The smallest absolute Gasteiger partial charge is 0.0321 e. The van der Waals surface area contributed by atoms with Gasteiger partial charge in [0.15, 0.2) is 0 Å². The molecule has 0 aromatic heterocycles. The fourth-order valence-corrected chi connectivity index (χ4v) is 6.68. The fraction of sp³-hybridized carbons (Fsp3) is 0.935. The van der Waals surface area contributed by atoms with Gasteiger partial charge in [0.05, 0.1) is 0 Å². The predicted octanol–water partition coefficient (Wildman–Crippen LogP) is 10.6. The predicted molar refractivity (Wildman–Crippen MR) is 142 cm³/mol. The van der Waals surface area contributed by atoms with Gasteiger partial charge < -0.3 is 0 Å². The van der Waals surface area contributed by atoms with Crippen molar-refractivity contribution in [2.24, 2.45) is 53.3 Å². The number of unbranched alkanes of at least 4 members (excludes halogenated alkanes) is 2. The molecule has 0 saturated heterocycles. The second-order valence-electron chi connectivity index (χ2n) is 11.9. The van der Waals surface area contributed by atoms with Crippen molar-refractivity contribution < 1.29 is 0 Å². The Labute approximate surface area is 198 Å². The molecule has 1 saturated carbocycles. The van der Waals surface area contributed by atoms with Gasteiger partial charge in [-0.05, 0) is 72.5 Å². The summed E-state index contributed by atoms with van der Waals surface area (Å²) in [6, 6.07) is 0. The summed E-state index contributed by atoms with van der Waals surface area (Å²) in [4.78, 5) is 0. The lowest BCUT2D eigenvalue weighted by Gasteiger charge is -2.27. The lowest BCUT2D eigenvalue weighted by atomic mass is 9.79. The van der Waals surface area contributed by atoms with E-state index in [1.807, 2.05) is 0 Å². The summed E-state index contributed by atoms with van der Waals surface area (Å²) < 4.78 is 0. The molecule has 31 heavy (non-hydrogen) atoms. The van der Waals surface area contributed by atoms with Gasteiger partial charge in [0.25, 0.3) is 0 Å². The van der Waals surface area contributed by atoms with E-state index in [4.69, 9.17) is 0 Å². The van der Waals surface area contributed by atoms with Crippen LogP contribution in [0.5, 0.6) is 0 Å². The molecule has 0 spiro atoms. The van der Waals surface area contributed by atoms with Crippen LogP contribution in [0, 0.1) is 53.3 Å². The number of allylic oxidation sites excluding steroid dienone is 2. The Bertz CT molecular complexity index is 461. The van der Waals surface area contributed by atoms with Crippen LogP contribution in [-0.4, -0.2) is 0 Å². The Morgan fingerprint density at radius 2 is 1.32 bits per heavy atom. The molecule has 1 fully saturated rings. The van der Waals surface area contributed by atoms with Crippen LogP contribution in [0.3, 0.4) is 0 Å². The molecule has 0 radical (unpaired) electrons. The van der Waals surface area contributed by atoms with Crippen LogP contribution in [-0.2, 0) is 0 Å². The van der Waals surface area contributed by atoms with Crippen LogP contribution >= 0.6 is 0 Å². The van der Waals surface area contributed by atoms with Gasteiger partial charge >= 0.3 is 0 Å². The highest BCUT2D eigenvalue weighted by atomic mass is 14.6. The number of hydrogen-bond donors (Lipinski definition) is 0. The van der Waals surface area contributed by atoms with Crippen molar-refractivity contribution in [3.05, 3.63) is 12.2 Å². The molecule has 8 atom stereocenters. The minimum atomic E-state index is 0.837. The quantitative estimate of drug-likeness (QED) is 0.149. The molecule has 1 rings (SSSR count). The first-order valence-corrected chi connectivity index (χ1v) is 14.4. The highest BCUT2D eigenvalue weighted by molar-refractivity contribution is 5.02. The van der Waals surface area contributed by atoms with E-state index in [9.17, 15) is 0 Å². The molecule has 0 aromatic rings. The minimum absolute atomic E-state index is 0.837. The minimum Gasteiger partial charge on any atom is -0.0883 e. The third-order valence-corrected chi connectivity index (χ3v) is 9.02. The number of rotatable bonds is 18. The van der Waals surface area contributed by atoms with E-state index in [1.165, 1.54) is 70.6 Å². The fourth-order valence-electron chi connectivity index (χ4n) is 6.68. The Hall–Kier alpha value is -0.260. The largest absolute Gasteiger partial charge is 0.0883 e. The molecule has 0 heteroatoms. The van der Waals surface area contributed by atoms with Crippen molar-refractivity contribution in [1.29, 1.82) is 0 Å². The Morgan fingerprint density at radius 1 is 0.677 bits per heavy atom. The zero-order chi connectivity index (χ0) is 23.4. The summed E-state index contributed by atoms with van der Waals surface area (Å²) >= 11 is 0. The van der Waals surface area contributed by atoms with E-state index in [0.29, 0.717) is 0 Å². The third kappa shape index (κ3) is 10.0. The molecule has 0 N–H and O–H groups in total. The summed E-state index contributed by atoms with van der Waals surface area (Å²) in [5.41, 5.74) is 0. The molecule has 0 aliphatic heterocycles. The summed E-state index contributed by atoms with van der Waals surface area (Å²) in [6.45, 7) is 22.0. The molecule has 0 aromatic carbocycles. The summed E-state index contributed by atoms with van der Waals surface area (Å²) in [6.07, 6.45) is 20.2. The van der Waals surface area contributed by atoms with Gasteiger partial charge in [0.2, 0.25) is 0 Å². The van der Waals surface area contributed by atoms with Crippen molar-refractivity contribution in [3.63, 3.8) is 0 Å². The molecule has 1 aliphatic rings. The van der Waals surface area contributed by atoms with Crippen LogP contribution in [0.2, 0.25) is 0 Å². The zero-order valence-electron chi connectivity index (χ0n) is 23.1. The average Bonchev–Trinajstić information content (AvgIpc) is 3.48. The molecule has 0 bridgehead atoms. The maximum atomic E-state index is 2.57. The molecule has 0 nitrogen and oxygen atoms in total. The summed E-state index contributed by atoms with van der Waals surface area (Å²) in [7, 11) is 0. The van der Waals surface area contributed by atoms with Crippen LogP contribution < -0.4 is 0 Å². The topological polar surface area (TPSA) is 0 Å². The van der Waals surface area contributed by atoms with Crippen LogP contribution in [0.15, 0.2) is 12.2 Å². The Kier molecular flexibility index (Phi) is 14.4. The molecule has 8 unspecified atom stereocenters. The second kappa shape index (κ2) is 15.6. The van der Waals surface area contributed by atoms with Crippen molar-refractivity contribution in [2.45, 2.75) is 133 Å². The van der Waals surface area contributed by atoms with Gasteiger partial charge in [-0.15, -0.1) is 0 Å². The molecule has 184 valence electrons. The first kappa shape index (κ1) is 28.8. The van der Waals surface area contributed by atoms with Crippen molar-refractivity contribution in [1.82, 2.24) is 0 Å². The first-order valence-electron chi connectivity index (χ1n) is 14.4. The van der Waals surface area contributed by atoms with E-state index in [0.717, 1.165) is 53.3 Å². The van der Waals surface area contributed by atoms with Gasteiger partial charge in [-0.3, -0.25) is 0 Å². The number of hydrogen-bond acceptors (Lipinski definition) is 0. The highest BCUT2D eigenvalue weighted by Gasteiger charge is 2.52. The molecule has 0 amide bonds. The Morgan fingerprint density at radius 3 is 1.90 bits per heavy atom. The maximum Gasteiger partial charge on any atom is -0.0321 e. The summed E-state index contributed by atoms with van der Waals surface area (Å²) in [5.74, 6) is 8.28. The standard InChI is InChI=1S/C31H60/c1-10-13-14-18-24(6)19-15-16-20-26(8)30-28(12-3)31(30)27(9)21-17-22-29(23(4)5)25(7)11-2/h15-16,23-31H,10-14,17-22H2,1-9H3. The Balaban J connectivity index is 2.39. The van der Waals surface area contributed by atoms with Gasteiger partial charge in [-0.2, -0.15) is 0 Å². The molecular weight excluding hydrogens is 372 g/mol. The lowest BCUT2D eigenvalue weighted by Crippen LogP contribution is -2.18. The second-order valence-corrected chi connectivity index (χ2v) is 11.9. The van der Waals surface area contributed by atoms with Gasteiger partial charge in [-0.25, -0.2) is 0 Å². The molecular formula is C31H60. The van der Waals surface area contributed by atoms with Crippen molar-refractivity contribution in [2.75, 3.05) is 0 Å². The van der Waals surface area contributed by atoms with E-state index in [2.05, 4.69) is 74.5 Å².